The number of carbonyl (C=O) groups excluding carboxylic acids is 2. The van der Waals surface area contributed by atoms with Crippen LogP contribution in [0.15, 0.2) is 66.7 Å². The lowest BCUT2D eigenvalue weighted by Gasteiger charge is -2.30. The first-order valence-electron chi connectivity index (χ1n) is 9.26. The monoisotopic (exact) mass is 408 g/mol. The van der Waals surface area contributed by atoms with Crippen LogP contribution < -0.4 is 10.1 Å². The number of nitrogens with one attached hydrogen (secondary N) is 1. The van der Waals surface area contributed by atoms with Crippen LogP contribution in [0, 0.1) is 11.6 Å². The molecule has 0 unspecified atom stereocenters. The number of carbonyl (C=O) groups is 2. The summed E-state index contributed by atoms with van der Waals surface area (Å²) in [4.78, 5) is 27.3. The molecule has 30 heavy (non-hydrogen) atoms. The van der Waals surface area contributed by atoms with Gasteiger partial charge >= 0.3 is 0 Å². The number of methoxy groups -OCH3 is 1. The van der Waals surface area contributed by atoms with Crippen molar-refractivity contribution in [3.63, 3.8) is 0 Å². The van der Waals surface area contributed by atoms with E-state index in [0.29, 0.717) is 28.1 Å². The Morgan fingerprint density at radius 2 is 1.67 bits per heavy atom. The molecule has 3 aromatic rings. The molecule has 152 valence electrons. The number of benzene rings is 3. The van der Waals surface area contributed by atoms with Gasteiger partial charge in [0.2, 0.25) is 5.91 Å². The van der Waals surface area contributed by atoms with E-state index >= 15 is 0 Å². The van der Waals surface area contributed by atoms with Crippen LogP contribution in [0.3, 0.4) is 0 Å². The number of rotatable bonds is 3. The van der Waals surface area contributed by atoms with Crippen LogP contribution in [0.25, 0.3) is 0 Å². The van der Waals surface area contributed by atoms with Gasteiger partial charge < -0.3 is 15.0 Å². The summed E-state index contributed by atoms with van der Waals surface area (Å²) in [6.07, 6.45) is 0. The van der Waals surface area contributed by atoms with Crippen LogP contribution in [0.4, 0.5) is 14.5 Å². The number of amides is 2. The smallest absolute Gasteiger partial charge is 0.255 e. The van der Waals surface area contributed by atoms with E-state index in [4.69, 9.17) is 4.74 Å². The Hall–Kier alpha value is -3.74. The molecule has 0 saturated carbocycles. The Morgan fingerprint density at radius 1 is 1.00 bits per heavy atom. The fourth-order valence-electron chi connectivity index (χ4n) is 3.57. The molecule has 0 saturated heterocycles. The zero-order valence-electron chi connectivity index (χ0n) is 16.1. The zero-order chi connectivity index (χ0) is 21.3. The van der Waals surface area contributed by atoms with Crippen molar-refractivity contribution in [2.75, 3.05) is 19.0 Å². The van der Waals surface area contributed by atoms with Crippen LogP contribution in [-0.2, 0) is 4.79 Å². The third kappa shape index (κ3) is 3.74. The second-order valence-electron chi connectivity index (χ2n) is 6.90. The molecule has 0 radical (unpaired) electrons. The van der Waals surface area contributed by atoms with Crippen molar-refractivity contribution in [2.24, 2.45) is 0 Å². The quantitative estimate of drug-likeness (QED) is 0.708. The van der Waals surface area contributed by atoms with Gasteiger partial charge in [-0.3, -0.25) is 9.59 Å². The highest BCUT2D eigenvalue weighted by Gasteiger charge is 2.34. The fourth-order valence-corrected chi connectivity index (χ4v) is 3.57. The molecule has 1 aliphatic rings. The first kappa shape index (κ1) is 19.6. The Balaban J connectivity index is 1.85. The summed E-state index contributed by atoms with van der Waals surface area (Å²) in [5.41, 5.74) is 1.72. The predicted octanol–water partition coefficient (Wildman–Crippen LogP) is 4.16. The Kier molecular flexibility index (Phi) is 5.18. The number of nitrogens with zero attached hydrogens (tertiary/aromatic N) is 1. The largest absolute Gasteiger partial charge is 0.497 e. The second-order valence-corrected chi connectivity index (χ2v) is 6.90. The molecule has 1 N–H and O–H groups in total. The van der Waals surface area contributed by atoms with Crippen LogP contribution in [0.2, 0.25) is 0 Å². The van der Waals surface area contributed by atoms with Gasteiger partial charge in [0.25, 0.3) is 5.91 Å². The molecule has 0 aliphatic carbocycles. The summed E-state index contributed by atoms with van der Waals surface area (Å²) < 4.78 is 32.8. The fraction of sp³-hybridized carbons (Fsp3) is 0.130. The minimum atomic E-state index is -0.787. The van der Waals surface area contributed by atoms with E-state index < -0.39 is 29.5 Å². The van der Waals surface area contributed by atoms with Gasteiger partial charge in [-0.05, 0) is 60.2 Å². The van der Waals surface area contributed by atoms with E-state index in [1.165, 1.54) is 54.5 Å². The molecule has 0 aromatic heterocycles. The number of anilines is 1. The maximum atomic E-state index is 14.1. The number of hydrogen-bond acceptors (Lipinski definition) is 3. The van der Waals surface area contributed by atoms with Crippen LogP contribution in [0.1, 0.15) is 27.5 Å². The lowest BCUT2D eigenvalue weighted by Crippen LogP contribution is -2.39. The van der Waals surface area contributed by atoms with Crippen LogP contribution in [0.5, 0.6) is 5.75 Å². The standard InChI is InChI=1S/C23H18F2N2O3/c1-30-18-9-4-15(5-10-18)23(29)27-13-21(28)26-20-11-8-17(25)12-19(20)22(27)14-2-6-16(24)7-3-14/h2-12,22H,13H2,1H3,(H,26,28)/t22-/m0/s1. The third-order valence-electron chi connectivity index (χ3n) is 4.99. The van der Waals surface area contributed by atoms with Crippen molar-refractivity contribution in [1.29, 1.82) is 0 Å². The highest BCUT2D eigenvalue weighted by molar-refractivity contribution is 6.01. The summed E-state index contributed by atoms with van der Waals surface area (Å²) in [6, 6.07) is 15.3. The number of ether oxygens (including phenoxy) is 1. The van der Waals surface area contributed by atoms with Gasteiger partial charge in [-0.1, -0.05) is 12.1 Å². The van der Waals surface area contributed by atoms with E-state index in [2.05, 4.69) is 5.32 Å². The number of halogens is 2. The summed E-state index contributed by atoms with van der Waals surface area (Å²) in [5.74, 6) is -1.18. The molecule has 7 heteroatoms. The van der Waals surface area contributed by atoms with E-state index in [1.807, 2.05) is 0 Å². The average molecular weight is 408 g/mol. The molecule has 1 aliphatic heterocycles. The van der Waals surface area contributed by atoms with Gasteiger partial charge in [0.1, 0.15) is 23.9 Å². The van der Waals surface area contributed by atoms with Gasteiger partial charge in [-0.2, -0.15) is 0 Å². The summed E-state index contributed by atoms with van der Waals surface area (Å²) in [7, 11) is 1.52. The van der Waals surface area contributed by atoms with Gasteiger partial charge in [0.05, 0.1) is 13.2 Å². The molecular weight excluding hydrogens is 390 g/mol. The first-order valence-corrected chi connectivity index (χ1v) is 9.26. The molecule has 0 fully saturated rings. The molecule has 1 atom stereocenters. The predicted molar refractivity (Wildman–Crippen MR) is 107 cm³/mol. The Labute approximate surface area is 171 Å². The summed E-state index contributed by atoms with van der Waals surface area (Å²) in [5, 5.41) is 2.72. The molecule has 0 spiro atoms. The molecule has 3 aromatic carbocycles. The second kappa shape index (κ2) is 7.94. The first-order chi connectivity index (χ1) is 14.5. The summed E-state index contributed by atoms with van der Waals surface area (Å²) >= 11 is 0. The molecule has 2 amide bonds. The van der Waals surface area contributed by atoms with Crippen molar-refractivity contribution < 1.29 is 23.1 Å². The average Bonchev–Trinajstić information content (AvgIpc) is 2.89. The normalized spacial score (nSPS) is 15.8. The van der Waals surface area contributed by atoms with Gasteiger partial charge in [0, 0.05) is 16.8 Å². The van der Waals surface area contributed by atoms with Crippen molar-refractivity contribution >= 4 is 17.5 Å². The van der Waals surface area contributed by atoms with Crippen molar-refractivity contribution in [1.82, 2.24) is 4.90 Å². The lowest BCUT2D eigenvalue weighted by molar-refractivity contribution is -0.117. The highest BCUT2D eigenvalue weighted by Crippen LogP contribution is 2.37. The molecule has 5 nitrogen and oxygen atoms in total. The zero-order valence-corrected chi connectivity index (χ0v) is 16.1. The van der Waals surface area contributed by atoms with E-state index in [0.717, 1.165) is 0 Å². The van der Waals surface area contributed by atoms with Gasteiger partial charge in [-0.25, -0.2) is 8.78 Å². The summed E-state index contributed by atoms with van der Waals surface area (Å²) in [6.45, 7) is -0.247. The number of fused-ring (bicyclic) bond motifs is 1. The SMILES string of the molecule is COc1ccc(C(=O)N2CC(=O)Nc3ccc(F)cc3[C@@H]2c2ccc(F)cc2)cc1. The van der Waals surface area contributed by atoms with Crippen LogP contribution >= 0.6 is 0 Å². The molecule has 0 bridgehead atoms. The Bertz CT molecular complexity index is 1100. The van der Waals surface area contributed by atoms with Crippen molar-refractivity contribution in [2.45, 2.75) is 6.04 Å². The maximum Gasteiger partial charge on any atom is 0.255 e. The van der Waals surface area contributed by atoms with E-state index in [1.54, 1.807) is 24.3 Å². The molecule has 1 heterocycles. The number of hydrogen-bond donors (Lipinski definition) is 1. The molecule has 4 rings (SSSR count). The van der Waals surface area contributed by atoms with Crippen LogP contribution in [-0.4, -0.2) is 30.4 Å². The van der Waals surface area contributed by atoms with E-state index in [9.17, 15) is 18.4 Å². The molecular formula is C23H18F2N2O3. The van der Waals surface area contributed by atoms with E-state index in [-0.39, 0.29) is 6.54 Å². The Morgan fingerprint density at radius 3 is 2.33 bits per heavy atom. The topological polar surface area (TPSA) is 58.6 Å². The minimum absolute atomic E-state index is 0.247. The van der Waals surface area contributed by atoms with Crippen molar-refractivity contribution in [3.05, 3.63) is 95.1 Å². The van der Waals surface area contributed by atoms with Crippen molar-refractivity contribution in [3.8, 4) is 5.75 Å². The lowest BCUT2D eigenvalue weighted by atomic mass is 9.95. The van der Waals surface area contributed by atoms with Gasteiger partial charge in [-0.15, -0.1) is 0 Å². The maximum absolute atomic E-state index is 14.1. The minimum Gasteiger partial charge on any atom is -0.497 e. The highest BCUT2D eigenvalue weighted by atomic mass is 19.1. The third-order valence-corrected chi connectivity index (χ3v) is 4.99. The van der Waals surface area contributed by atoms with Gasteiger partial charge in [0.15, 0.2) is 0 Å².